The van der Waals surface area contributed by atoms with Gasteiger partial charge in [-0.25, -0.2) is 0 Å². The molecular formula is C9H14N2. The van der Waals surface area contributed by atoms with E-state index >= 15 is 0 Å². The Morgan fingerprint density at radius 3 is 2.64 bits per heavy atom. The normalized spacial score (nSPS) is 21.9. The summed E-state index contributed by atoms with van der Waals surface area (Å²) in [5, 5.41) is 0. The molecule has 11 heavy (non-hydrogen) atoms. The van der Waals surface area contributed by atoms with E-state index in [2.05, 4.69) is 6.08 Å². The lowest BCUT2D eigenvalue weighted by Gasteiger charge is -2.08. The van der Waals surface area contributed by atoms with Gasteiger partial charge in [0.25, 0.3) is 0 Å². The lowest BCUT2D eigenvalue weighted by Crippen LogP contribution is -2.30. The van der Waals surface area contributed by atoms with Crippen molar-refractivity contribution in [1.82, 2.24) is 0 Å². The highest BCUT2D eigenvalue weighted by atomic mass is 14.8. The monoisotopic (exact) mass is 150 g/mol. The Labute approximate surface area is 66.9 Å². The summed E-state index contributed by atoms with van der Waals surface area (Å²) in [5.74, 6) is 0. The molecule has 0 aromatic rings. The second-order valence-electron chi connectivity index (χ2n) is 3.48. The molecule has 2 aliphatic carbocycles. The van der Waals surface area contributed by atoms with Gasteiger partial charge in [0.1, 0.15) is 0 Å². The second kappa shape index (κ2) is 2.47. The highest BCUT2D eigenvalue weighted by Crippen LogP contribution is 2.40. The summed E-state index contributed by atoms with van der Waals surface area (Å²) in [6.07, 6.45) is 6.72. The Balaban J connectivity index is 2.11. The van der Waals surface area contributed by atoms with Crippen molar-refractivity contribution in [2.45, 2.75) is 31.8 Å². The number of fused-ring (bicyclic) bond motifs is 2. The molecule has 0 unspecified atom stereocenters. The van der Waals surface area contributed by atoms with Gasteiger partial charge in [-0.15, -0.1) is 0 Å². The van der Waals surface area contributed by atoms with Gasteiger partial charge in [-0.1, -0.05) is 17.2 Å². The maximum Gasteiger partial charge on any atom is 0.0562 e. The average molecular weight is 150 g/mol. The van der Waals surface area contributed by atoms with E-state index < -0.39 is 0 Å². The van der Waals surface area contributed by atoms with Crippen LogP contribution in [0.3, 0.4) is 0 Å². The van der Waals surface area contributed by atoms with Crippen LogP contribution in [-0.2, 0) is 0 Å². The van der Waals surface area contributed by atoms with Crippen LogP contribution in [0.5, 0.6) is 0 Å². The van der Waals surface area contributed by atoms with E-state index in [0.717, 1.165) is 6.42 Å². The molecule has 0 aromatic carbocycles. The molecule has 0 atom stereocenters. The quantitative estimate of drug-likeness (QED) is 0.578. The average Bonchev–Trinajstić information content (AvgIpc) is 2.45. The molecule has 0 amide bonds. The van der Waals surface area contributed by atoms with E-state index in [1.807, 2.05) is 0 Å². The summed E-state index contributed by atoms with van der Waals surface area (Å²) < 4.78 is 0. The molecule has 2 aliphatic rings. The van der Waals surface area contributed by atoms with E-state index in [0.29, 0.717) is 0 Å². The third-order valence-electron chi connectivity index (χ3n) is 2.48. The summed E-state index contributed by atoms with van der Waals surface area (Å²) in [5.41, 5.74) is 15.6. The fourth-order valence-corrected chi connectivity index (χ4v) is 1.97. The van der Waals surface area contributed by atoms with E-state index in [1.54, 1.807) is 11.1 Å². The molecule has 0 saturated heterocycles. The van der Waals surface area contributed by atoms with Crippen LogP contribution < -0.4 is 11.5 Å². The molecule has 60 valence electrons. The molecule has 2 heteroatoms. The molecule has 1 fully saturated rings. The van der Waals surface area contributed by atoms with Gasteiger partial charge in [-0.05, 0) is 24.8 Å². The van der Waals surface area contributed by atoms with Crippen LogP contribution in [0.4, 0.5) is 0 Å². The van der Waals surface area contributed by atoms with Gasteiger partial charge in [0.15, 0.2) is 0 Å². The van der Waals surface area contributed by atoms with Crippen molar-refractivity contribution >= 4 is 0 Å². The first-order valence-corrected chi connectivity index (χ1v) is 4.17. The third kappa shape index (κ3) is 1.24. The smallest absolute Gasteiger partial charge is 0.0562 e. The first kappa shape index (κ1) is 7.07. The van der Waals surface area contributed by atoms with Gasteiger partial charge in [0, 0.05) is 6.42 Å². The molecule has 0 heterocycles. The molecule has 2 nitrogen and oxygen atoms in total. The van der Waals surface area contributed by atoms with Gasteiger partial charge in [0.05, 0.1) is 6.17 Å². The van der Waals surface area contributed by atoms with Crippen molar-refractivity contribution in [2.75, 3.05) is 0 Å². The first-order chi connectivity index (χ1) is 5.25. The van der Waals surface area contributed by atoms with Crippen LogP contribution >= 0.6 is 0 Å². The van der Waals surface area contributed by atoms with Crippen LogP contribution in [0.25, 0.3) is 0 Å². The zero-order chi connectivity index (χ0) is 7.84. The van der Waals surface area contributed by atoms with E-state index in [-0.39, 0.29) is 6.17 Å². The zero-order valence-electron chi connectivity index (χ0n) is 6.64. The minimum Gasteiger partial charge on any atom is -0.316 e. The Hall–Kier alpha value is -0.600. The lowest BCUT2D eigenvalue weighted by atomic mass is 10.0. The lowest BCUT2D eigenvalue weighted by molar-refractivity contribution is 0.699. The van der Waals surface area contributed by atoms with Crippen LogP contribution in [-0.4, -0.2) is 6.17 Å². The Morgan fingerprint density at radius 1 is 1.36 bits per heavy atom. The molecule has 1 saturated carbocycles. The summed E-state index contributed by atoms with van der Waals surface area (Å²) in [4.78, 5) is 0. The molecular weight excluding hydrogens is 136 g/mol. The van der Waals surface area contributed by atoms with E-state index in [4.69, 9.17) is 11.5 Å². The molecule has 4 N–H and O–H groups in total. The van der Waals surface area contributed by atoms with E-state index in [1.165, 1.54) is 24.8 Å². The molecule has 2 rings (SSSR count). The SMILES string of the molecule is NC(N)CC1=C2CCC(=C1)C2. The fourth-order valence-electron chi connectivity index (χ4n) is 1.97. The standard InChI is InChI=1S/C9H14N2/c10-9(11)5-8-4-6-1-2-7(8)3-6/h4,9H,1-3,5,10-11H2. The molecule has 0 aromatic heterocycles. The van der Waals surface area contributed by atoms with Crippen molar-refractivity contribution in [3.63, 3.8) is 0 Å². The fraction of sp³-hybridized carbons (Fsp3) is 0.556. The Kier molecular flexibility index (Phi) is 1.59. The third-order valence-corrected chi connectivity index (χ3v) is 2.48. The number of allylic oxidation sites excluding steroid dienone is 3. The number of hydrogen-bond acceptors (Lipinski definition) is 2. The van der Waals surface area contributed by atoms with Crippen LogP contribution in [0.15, 0.2) is 22.8 Å². The zero-order valence-corrected chi connectivity index (χ0v) is 6.64. The van der Waals surface area contributed by atoms with Crippen molar-refractivity contribution in [3.8, 4) is 0 Å². The Morgan fingerprint density at radius 2 is 2.18 bits per heavy atom. The highest BCUT2D eigenvalue weighted by molar-refractivity contribution is 5.44. The maximum atomic E-state index is 5.52. The predicted octanol–water partition coefficient (Wildman–Crippen LogP) is 1.04. The number of rotatable bonds is 2. The van der Waals surface area contributed by atoms with E-state index in [9.17, 15) is 0 Å². The topological polar surface area (TPSA) is 52.0 Å². The second-order valence-corrected chi connectivity index (χ2v) is 3.48. The predicted molar refractivity (Wildman–Crippen MR) is 45.7 cm³/mol. The van der Waals surface area contributed by atoms with Gasteiger partial charge in [-0.2, -0.15) is 0 Å². The highest BCUT2D eigenvalue weighted by Gasteiger charge is 2.22. The van der Waals surface area contributed by atoms with Gasteiger partial charge in [0.2, 0.25) is 0 Å². The van der Waals surface area contributed by atoms with Crippen LogP contribution in [0.2, 0.25) is 0 Å². The summed E-state index contributed by atoms with van der Waals surface area (Å²) in [7, 11) is 0. The summed E-state index contributed by atoms with van der Waals surface area (Å²) >= 11 is 0. The molecule has 2 bridgehead atoms. The van der Waals surface area contributed by atoms with Crippen molar-refractivity contribution in [1.29, 1.82) is 0 Å². The van der Waals surface area contributed by atoms with Crippen molar-refractivity contribution in [2.24, 2.45) is 11.5 Å². The maximum absolute atomic E-state index is 5.52. The largest absolute Gasteiger partial charge is 0.316 e. The van der Waals surface area contributed by atoms with Gasteiger partial charge in [-0.3, -0.25) is 0 Å². The Bertz CT molecular complexity index is 236. The first-order valence-electron chi connectivity index (χ1n) is 4.17. The van der Waals surface area contributed by atoms with Crippen LogP contribution in [0, 0.1) is 0 Å². The van der Waals surface area contributed by atoms with Gasteiger partial charge >= 0.3 is 0 Å². The molecule has 0 radical (unpaired) electrons. The van der Waals surface area contributed by atoms with Gasteiger partial charge < -0.3 is 11.5 Å². The molecule has 0 aliphatic heterocycles. The molecule has 0 spiro atoms. The summed E-state index contributed by atoms with van der Waals surface area (Å²) in [6.45, 7) is 0. The number of hydrogen-bond donors (Lipinski definition) is 2. The number of nitrogens with two attached hydrogens (primary N) is 2. The minimum absolute atomic E-state index is 0.173. The van der Waals surface area contributed by atoms with Crippen molar-refractivity contribution < 1.29 is 0 Å². The summed E-state index contributed by atoms with van der Waals surface area (Å²) in [6, 6.07) is 0. The minimum atomic E-state index is -0.173. The van der Waals surface area contributed by atoms with Crippen LogP contribution in [0.1, 0.15) is 25.7 Å². The van der Waals surface area contributed by atoms with Crippen molar-refractivity contribution in [3.05, 3.63) is 22.8 Å².